The number of carbonyl (C=O) groups excluding carboxylic acids is 2. The van der Waals surface area contributed by atoms with E-state index in [1.165, 1.54) is 4.90 Å². The van der Waals surface area contributed by atoms with Gasteiger partial charge in [0, 0.05) is 25.2 Å². The summed E-state index contributed by atoms with van der Waals surface area (Å²) in [5.74, 6) is 0.616. The standard InChI is InChI=1S/C22H23N3O6S/c1-4-15(2)32(28,29)24-22(27)23-18(12-16-8-6-5-7-9-16)21(26)25(3)17-10-11-19-20(13-17)31-14-30-19/h4-11,13,18H,1-2,12,14H2,3H3,(H2,23,24,27). The number of anilines is 1. The molecule has 0 bridgehead atoms. The largest absolute Gasteiger partial charge is 0.454 e. The van der Waals surface area contributed by atoms with Crippen molar-refractivity contribution >= 4 is 27.6 Å². The molecular weight excluding hydrogens is 434 g/mol. The van der Waals surface area contributed by atoms with Gasteiger partial charge >= 0.3 is 6.03 Å². The van der Waals surface area contributed by atoms with Gasteiger partial charge in [0.2, 0.25) is 12.7 Å². The number of ether oxygens (including phenoxy) is 2. The summed E-state index contributed by atoms with van der Waals surface area (Å²) in [6.07, 6.45) is 1.15. The Kier molecular flexibility index (Phi) is 6.84. The molecule has 2 aromatic carbocycles. The summed E-state index contributed by atoms with van der Waals surface area (Å²) in [4.78, 5) is 26.7. The zero-order valence-electron chi connectivity index (χ0n) is 17.4. The van der Waals surface area contributed by atoms with Crippen molar-refractivity contribution in [2.45, 2.75) is 12.5 Å². The highest BCUT2D eigenvalue weighted by Crippen LogP contribution is 2.35. The maximum Gasteiger partial charge on any atom is 0.329 e. The van der Waals surface area contributed by atoms with E-state index < -0.39 is 28.0 Å². The third-order valence-electron chi connectivity index (χ3n) is 4.76. The minimum Gasteiger partial charge on any atom is -0.454 e. The van der Waals surface area contributed by atoms with Crippen LogP contribution in [0.3, 0.4) is 0 Å². The lowest BCUT2D eigenvalue weighted by Gasteiger charge is -2.25. The zero-order valence-corrected chi connectivity index (χ0v) is 18.2. The number of carbonyl (C=O) groups is 2. The summed E-state index contributed by atoms with van der Waals surface area (Å²) < 4.78 is 36.6. The summed E-state index contributed by atoms with van der Waals surface area (Å²) >= 11 is 0. The second kappa shape index (κ2) is 9.56. The number of hydrogen-bond acceptors (Lipinski definition) is 6. The number of rotatable bonds is 8. The van der Waals surface area contributed by atoms with Gasteiger partial charge in [0.25, 0.3) is 10.0 Å². The first-order valence-corrected chi connectivity index (χ1v) is 11.1. The minimum absolute atomic E-state index is 0.0965. The highest BCUT2D eigenvalue weighted by molar-refractivity contribution is 7.94. The second-order valence-electron chi connectivity index (χ2n) is 6.93. The van der Waals surface area contributed by atoms with Gasteiger partial charge in [0.05, 0.1) is 4.91 Å². The number of hydrogen-bond donors (Lipinski definition) is 2. The van der Waals surface area contributed by atoms with Crippen LogP contribution in [-0.4, -0.2) is 40.2 Å². The van der Waals surface area contributed by atoms with Gasteiger partial charge in [0.1, 0.15) is 6.04 Å². The van der Waals surface area contributed by atoms with Crippen molar-refractivity contribution in [3.63, 3.8) is 0 Å². The van der Waals surface area contributed by atoms with Crippen LogP contribution >= 0.6 is 0 Å². The average molecular weight is 458 g/mol. The maximum absolute atomic E-state index is 13.3. The van der Waals surface area contributed by atoms with Crippen molar-refractivity contribution in [2.24, 2.45) is 0 Å². The molecular formula is C22H23N3O6S. The van der Waals surface area contributed by atoms with Gasteiger partial charge in [-0.1, -0.05) is 43.5 Å². The monoisotopic (exact) mass is 457 g/mol. The number of nitrogens with zero attached hydrogens (tertiary/aromatic N) is 1. The lowest BCUT2D eigenvalue weighted by atomic mass is 10.0. The van der Waals surface area contributed by atoms with Gasteiger partial charge in [-0.25, -0.2) is 17.9 Å². The van der Waals surface area contributed by atoms with Gasteiger partial charge in [-0.2, -0.15) is 0 Å². The predicted octanol–water partition coefficient (Wildman–Crippen LogP) is 2.32. The molecule has 1 heterocycles. The molecule has 1 aliphatic heterocycles. The molecule has 32 heavy (non-hydrogen) atoms. The average Bonchev–Trinajstić information content (AvgIpc) is 3.25. The van der Waals surface area contributed by atoms with Crippen molar-refractivity contribution in [1.82, 2.24) is 10.0 Å². The van der Waals surface area contributed by atoms with E-state index in [0.717, 1.165) is 11.6 Å². The molecule has 0 saturated heterocycles. The number of likely N-dealkylation sites (N-methyl/N-ethyl adjacent to an activating group) is 1. The molecule has 2 aromatic rings. The zero-order chi connectivity index (χ0) is 23.3. The molecule has 3 rings (SSSR count). The minimum atomic E-state index is -4.16. The van der Waals surface area contributed by atoms with Crippen LogP contribution in [0.15, 0.2) is 72.7 Å². The van der Waals surface area contributed by atoms with E-state index in [4.69, 9.17) is 9.47 Å². The molecule has 1 aliphatic rings. The number of sulfonamides is 1. The Balaban J connectivity index is 1.81. The van der Waals surface area contributed by atoms with Gasteiger partial charge in [-0.3, -0.25) is 4.79 Å². The summed E-state index contributed by atoms with van der Waals surface area (Å²) in [5, 5.41) is 2.45. The predicted molar refractivity (Wildman–Crippen MR) is 120 cm³/mol. The number of benzene rings is 2. The molecule has 10 heteroatoms. The molecule has 3 amide bonds. The Labute approximate surface area is 186 Å². The Morgan fingerprint density at radius 3 is 2.53 bits per heavy atom. The molecule has 2 N–H and O–H groups in total. The molecule has 0 saturated carbocycles. The number of nitrogens with one attached hydrogen (secondary N) is 2. The SMILES string of the molecule is C=CC(=C)S(=O)(=O)NC(=O)NC(Cc1ccccc1)C(=O)N(C)c1ccc2c(c1)OCO2. The normalized spacial score (nSPS) is 13.0. The fraction of sp³-hybridized carbons (Fsp3) is 0.182. The topological polar surface area (TPSA) is 114 Å². The van der Waals surface area contributed by atoms with E-state index in [9.17, 15) is 18.0 Å². The van der Waals surface area contributed by atoms with Crippen LogP contribution in [0.25, 0.3) is 0 Å². The highest BCUT2D eigenvalue weighted by atomic mass is 32.2. The molecule has 1 unspecified atom stereocenters. The van der Waals surface area contributed by atoms with Crippen molar-refractivity contribution in [3.05, 3.63) is 78.2 Å². The molecule has 0 spiro atoms. The Hall–Kier alpha value is -3.79. The van der Waals surface area contributed by atoms with Crippen molar-refractivity contribution in [1.29, 1.82) is 0 Å². The first-order valence-electron chi connectivity index (χ1n) is 9.57. The van der Waals surface area contributed by atoms with Crippen LogP contribution < -0.4 is 24.4 Å². The highest BCUT2D eigenvalue weighted by Gasteiger charge is 2.28. The number of amides is 3. The molecule has 9 nitrogen and oxygen atoms in total. The van der Waals surface area contributed by atoms with E-state index in [2.05, 4.69) is 18.5 Å². The van der Waals surface area contributed by atoms with Crippen LogP contribution in [0.2, 0.25) is 0 Å². The molecule has 0 fully saturated rings. The molecule has 0 aliphatic carbocycles. The van der Waals surface area contributed by atoms with Crippen molar-refractivity contribution in [2.75, 3.05) is 18.7 Å². The lowest BCUT2D eigenvalue weighted by Crippen LogP contribution is -2.52. The maximum atomic E-state index is 13.3. The van der Waals surface area contributed by atoms with Gasteiger partial charge in [-0.15, -0.1) is 0 Å². The van der Waals surface area contributed by atoms with Crippen LogP contribution in [0.1, 0.15) is 5.56 Å². The first-order chi connectivity index (χ1) is 15.2. The quantitative estimate of drug-likeness (QED) is 0.588. The fourth-order valence-electron chi connectivity index (χ4n) is 2.99. The number of urea groups is 1. The Morgan fingerprint density at radius 1 is 1.16 bits per heavy atom. The van der Waals surface area contributed by atoms with E-state index in [-0.39, 0.29) is 18.1 Å². The molecule has 0 aromatic heterocycles. The Morgan fingerprint density at radius 2 is 1.84 bits per heavy atom. The van der Waals surface area contributed by atoms with Crippen LogP contribution in [0.5, 0.6) is 11.5 Å². The third kappa shape index (κ3) is 5.27. The molecule has 0 radical (unpaired) electrons. The molecule has 168 valence electrons. The lowest BCUT2D eigenvalue weighted by molar-refractivity contribution is -0.120. The number of fused-ring (bicyclic) bond motifs is 1. The van der Waals surface area contributed by atoms with Gasteiger partial charge in [0.15, 0.2) is 11.5 Å². The van der Waals surface area contributed by atoms with Crippen molar-refractivity contribution in [3.8, 4) is 11.5 Å². The van der Waals surface area contributed by atoms with Gasteiger partial charge in [-0.05, 0) is 23.8 Å². The van der Waals surface area contributed by atoms with Gasteiger partial charge < -0.3 is 19.7 Å². The summed E-state index contributed by atoms with van der Waals surface area (Å²) in [7, 11) is -2.61. The second-order valence-corrected chi connectivity index (χ2v) is 8.66. The third-order valence-corrected chi connectivity index (χ3v) is 6.07. The fourth-order valence-corrected chi connectivity index (χ4v) is 3.64. The van der Waals surface area contributed by atoms with Crippen molar-refractivity contribution < 1.29 is 27.5 Å². The first kappa shape index (κ1) is 22.9. The van der Waals surface area contributed by atoms with E-state index in [1.807, 2.05) is 10.8 Å². The Bertz CT molecular complexity index is 1150. The van der Waals surface area contributed by atoms with E-state index in [1.54, 1.807) is 49.5 Å². The van der Waals surface area contributed by atoms with E-state index >= 15 is 0 Å². The summed E-state index contributed by atoms with van der Waals surface area (Å²) in [6.45, 7) is 6.76. The summed E-state index contributed by atoms with van der Waals surface area (Å²) in [5.41, 5.74) is 1.30. The summed E-state index contributed by atoms with van der Waals surface area (Å²) in [6, 6.07) is 11.9. The van der Waals surface area contributed by atoms with Crippen LogP contribution in [0, 0.1) is 0 Å². The van der Waals surface area contributed by atoms with Crippen LogP contribution in [0.4, 0.5) is 10.5 Å². The molecule has 1 atom stereocenters. The van der Waals surface area contributed by atoms with Crippen LogP contribution in [-0.2, 0) is 21.2 Å². The van der Waals surface area contributed by atoms with E-state index in [0.29, 0.717) is 17.2 Å². The number of allylic oxidation sites excluding steroid dienone is 1. The smallest absolute Gasteiger partial charge is 0.329 e.